The molecule has 0 aliphatic carbocycles. The molecule has 0 bridgehead atoms. The fraction of sp³-hybridized carbons (Fsp3) is 0.571. The van der Waals surface area contributed by atoms with Crippen molar-refractivity contribution < 1.29 is 14.6 Å². The van der Waals surface area contributed by atoms with E-state index in [-0.39, 0.29) is 12.7 Å². The van der Waals surface area contributed by atoms with Crippen LogP contribution in [0.5, 0.6) is 11.5 Å². The van der Waals surface area contributed by atoms with Gasteiger partial charge < -0.3 is 14.6 Å². The molecule has 3 rings (SSSR count). The molecule has 1 N–H and O–H groups in total. The molecule has 4 nitrogen and oxygen atoms in total. The van der Waals surface area contributed by atoms with Gasteiger partial charge in [-0.25, -0.2) is 0 Å². The Hall–Kier alpha value is -0.970. The van der Waals surface area contributed by atoms with E-state index in [4.69, 9.17) is 21.1 Å². The number of aliphatic hydroxyl groups is 1. The van der Waals surface area contributed by atoms with Gasteiger partial charge in [-0.3, -0.25) is 4.90 Å². The fourth-order valence-electron chi connectivity index (χ4n) is 2.58. The van der Waals surface area contributed by atoms with E-state index in [0.29, 0.717) is 29.6 Å². The van der Waals surface area contributed by atoms with Gasteiger partial charge in [-0.1, -0.05) is 25.4 Å². The molecule has 1 aromatic rings. The maximum atomic E-state index is 10.2. The van der Waals surface area contributed by atoms with Gasteiger partial charge in [0.15, 0.2) is 11.5 Å². The lowest BCUT2D eigenvalue weighted by molar-refractivity contribution is -0.130. The lowest BCUT2D eigenvalue weighted by atomic mass is 9.83. The van der Waals surface area contributed by atoms with Crippen LogP contribution in [0.25, 0.3) is 0 Å². The van der Waals surface area contributed by atoms with E-state index in [0.717, 1.165) is 12.1 Å². The molecule has 5 heteroatoms. The van der Waals surface area contributed by atoms with Crippen LogP contribution in [0.3, 0.4) is 0 Å². The highest BCUT2D eigenvalue weighted by Crippen LogP contribution is 2.40. The zero-order chi connectivity index (χ0) is 13.6. The number of hydrogen-bond acceptors (Lipinski definition) is 4. The van der Waals surface area contributed by atoms with Gasteiger partial charge in [0.25, 0.3) is 0 Å². The summed E-state index contributed by atoms with van der Waals surface area (Å²) in [5.74, 6) is 1.62. The van der Waals surface area contributed by atoms with Crippen LogP contribution in [0.1, 0.15) is 19.4 Å². The summed E-state index contributed by atoms with van der Waals surface area (Å²) >= 11 is 6.15. The monoisotopic (exact) mass is 283 g/mol. The third kappa shape index (κ3) is 2.29. The molecule has 1 fully saturated rings. The summed E-state index contributed by atoms with van der Waals surface area (Å²) < 4.78 is 10.6. The van der Waals surface area contributed by atoms with E-state index in [1.807, 2.05) is 12.1 Å². The van der Waals surface area contributed by atoms with E-state index >= 15 is 0 Å². The fourth-order valence-corrected chi connectivity index (χ4v) is 2.86. The summed E-state index contributed by atoms with van der Waals surface area (Å²) in [5, 5.41) is 10.8. The topological polar surface area (TPSA) is 41.9 Å². The van der Waals surface area contributed by atoms with Crippen LogP contribution in [0.4, 0.5) is 0 Å². The number of benzene rings is 1. The predicted molar refractivity (Wildman–Crippen MR) is 72.6 cm³/mol. The molecule has 0 spiro atoms. The molecule has 0 radical (unpaired) electrons. The standard InChI is InChI=1S/C14H18ClNO3/c1-9(2)14(17)6-16(7-14)5-10-3-11(15)13-12(4-10)18-8-19-13/h3-4,9,17H,5-8H2,1-2H3. The van der Waals surface area contributed by atoms with Gasteiger partial charge in [-0.05, 0) is 23.6 Å². The number of nitrogens with zero attached hydrogens (tertiary/aromatic N) is 1. The van der Waals surface area contributed by atoms with Gasteiger partial charge in [-0.15, -0.1) is 0 Å². The first-order valence-corrected chi connectivity index (χ1v) is 6.88. The first kappa shape index (κ1) is 13.0. The molecule has 0 amide bonds. The summed E-state index contributed by atoms with van der Waals surface area (Å²) in [7, 11) is 0. The third-order valence-corrected chi connectivity index (χ3v) is 4.24. The average molecular weight is 284 g/mol. The van der Waals surface area contributed by atoms with Crippen molar-refractivity contribution in [2.24, 2.45) is 5.92 Å². The van der Waals surface area contributed by atoms with Gasteiger partial charge in [0.2, 0.25) is 6.79 Å². The molecule has 1 aromatic carbocycles. The van der Waals surface area contributed by atoms with Crippen molar-refractivity contribution in [3.8, 4) is 11.5 Å². The largest absolute Gasteiger partial charge is 0.454 e. The third-order valence-electron chi connectivity index (χ3n) is 3.96. The Morgan fingerprint density at radius 2 is 2.11 bits per heavy atom. The predicted octanol–water partition coefficient (Wildman–Crippen LogP) is 2.27. The second-order valence-corrected chi connectivity index (χ2v) is 6.12. The molecular formula is C14H18ClNO3. The van der Waals surface area contributed by atoms with Crippen LogP contribution >= 0.6 is 11.6 Å². The van der Waals surface area contributed by atoms with Crippen molar-refractivity contribution in [1.82, 2.24) is 4.90 Å². The Labute approximate surface area is 117 Å². The Balaban J connectivity index is 1.68. The molecule has 0 unspecified atom stereocenters. The van der Waals surface area contributed by atoms with Gasteiger partial charge in [0.1, 0.15) is 0 Å². The molecule has 2 aliphatic heterocycles. The van der Waals surface area contributed by atoms with Gasteiger partial charge in [-0.2, -0.15) is 0 Å². The number of ether oxygens (including phenoxy) is 2. The summed E-state index contributed by atoms with van der Waals surface area (Å²) in [6.45, 7) is 6.51. The van der Waals surface area contributed by atoms with Crippen molar-refractivity contribution in [2.75, 3.05) is 19.9 Å². The first-order chi connectivity index (χ1) is 8.98. The number of fused-ring (bicyclic) bond motifs is 1. The van der Waals surface area contributed by atoms with Crippen molar-refractivity contribution in [3.63, 3.8) is 0 Å². The lowest BCUT2D eigenvalue weighted by Crippen LogP contribution is -2.63. The number of likely N-dealkylation sites (tertiary alicyclic amines) is 1. The molecule has 2 heterocycles. The highest BCUT2D eigenvalue weighted by atomic mass is 35.5. The van der Waals surface area contributed by atoms with E-state index < -0.39 is 5.60 Å². The number of β-amino-alcohol motifs (C(OH)–C–C–N with tert-alkyl or cyclic N) is 1. The number of halogens is 1. The van der Waals surface area contributed by atoms with E-state index in [9.17, 15) is 5.11 Å². The summed E-state index contributed by atoms with van der Waals surface area (Å²) in [5.41, 5.74) is 0.542. The molecule has 2 aliphatic rings. The Kier molecular flexibility index (Phi) is 3.12. The Morgan fingerprint density at radius 3 is 2.79 bits per heavy atom. The van der Waals surface area contributed by atoms with Crippen molar-refractivity contribution in [1.29, 1.82) is 0 Å². The normalized spacial score (nSPS) is 20.7. The zero-order valence-electron chi connectivity index (χ0n) is 11.1. The SMILES string of the molecule is CC(C)C1(O)CN(Cc2cc(Cl)c3c(c2)OCO3)C1. The quantitative estimate of drug-likeness (QED) is 0.924. The van der Waals surface area contributed by atoms with Crippen LogP contribution in [0, 0.1) is 5.92 Å². The molecule has 19 heavy (non-hydrogen) atoms. The summed E-state index contributed by atoms with van der Waals surface area (Å²) in [6, 6.07) is 3.86. The van der Waals surface area contributed by atoms with E-state index in [2.05, 4.69) is 18.7 Å². The van der Waals surface area contributed by atoms with Gasteiger partial charge >= 0.3 is 0 Å². The van der Waals surface area contributed by atoms with Crippen molar-refractivity contribution in [3.05, 3.63) is 22.7 Å². The van der Waals surface area contributed by atoms with Crippen LogP contribution in [-0.2, 0) is 6.54 Å². The first-order valence-electron chi connectivity index (χ1n) is 6.51. The highest BCUT2D eigenvalue weighted by molar-refractivity contribution is 6.32. The Morgan fingerprint density at radius 1 is 1.37 bits per heavy atom. The summed E-state index contributed by atoms with van der Waals surface area (Å²) in [6.07, 6.45) is 0. The molecule has 1 saturated heterocycles. The maximum absolute atomic E-state index is 10.2. The van der Waals surface area contributed by atoms with Crippen LogP contribution < -0.4 is 9.47 Å². The van der Waals surface area contributed by atoms with Crippen molar-refractivity contribution in [2.45, 2.75) is 26.0 Å². The number of hydrogen-bond donors (Lipinski definition) is 1. The molecule has 0 aromatic heterocycles. The van der Waals surface area contributed by atoms with E-state index in [1.165, 1.54) is 0 Å². The van der Waals surface area contributed by atoms with Crippen molar-refractivity contribution >= 4 is 11.6 Å². The Bertz CT molecular complexity index is 498. The second-order valence-electron chi connectivity index (χ2n) is 5.71. The minimum Gasteiger partial charge on any atom is -0.454 e. The molecular weight excluding hydrogens is 266 g/mol. The second kappa shape index (κ2) is 4.54. The van der Waals surface area contributed by atoms with Crippen LogP contribution in [0.2, 0.25) is 5.02 Å². The van der Waals surface area contributed by atoms with Gasteiger partial charge in [0.05, 0.1) is 10.6 Å². The maximum Gasteiger partial charge on any atom is 0.231 e. The minimum absolute atomic E-state index is 0.231. The zero-order valence-corrected chi connectivity index (χ0v) is 11.9. The summed E-state index contributed by atoms with van der Waals surface area (Å²) in [4.78, 5) is 2.20. The molecule has 0 atom stereocenters. The smallest absolute Gasteiger partial charge is 0.231 e. The highest BCUT2D eigenvalue weighted by Gasteiger charge is 2.43. The minimum atomic E-state index is -0.542. The van der Waals surface area contributed by atoms with E-state index in [1.54, 1.807) is 0 Å². The average Bonchev–Trinajstić information content (AvgIpc) is 2.75. The van der Waals surface area contributed by atoms with Gasteiger partial charge in [0, 0.05) is 19.6 Å². The number of rotatable bonds is 3. The van der Waals surface area contributed by atoms with Crippen LogP contribution in [0.15, 0.2) is 12.1 Å². The molecule has 104 valence electrons. The van der Waals surface area contributed by atoms with Crippen LogP contribution in [-0.4, -0.2) is 35.5 Å². The lowest BCUT2D eigenvalue weighted by Gasteiger charge is -2.49. The molecule has 0 saturated carbocycles.